The Hall–Kier alpha value is -0.320. The Morgan fingerprint density at radius 3 is 2.26 bits per heavy atom. The van der Waals surface area contributed by atoms with Crippen molar-refractivity contribution in [3.63, 3.8) is 0 Å². The van der Waals surface area contributed by atoms with E-state index in [0.29, 0.717) is 11.8 Å². The van der Waals surface area contributed by atoms with E-state index in [1.807, 2.05) is 18.7 Å². The topological polar surface area (TPSA) is 55.6 Å². The fourth-order valence-electron chi connectivity index (χ4n) is 4.27. The fourth-order valence-corrected chi connectivity index (χ4v) is 4.27. The Morgan fingerprint density at radius 1 is 1.16 bits per heavy atom. The van der Waals surface area contributed by atoms with E-state index in [-0.39, 0.29) is 42.5 Å². The number of halogens is 1. The zero-order valence-corrected chi connectivity index (χ0v) is 12.6. The molecule has 4 unspecified atom stereocenters. The van der Waals surface area contributed by atoms with Crippen LogP contribution in [0.15, 0.2) is 0 Å². The highest BCUT2D eigenvalue weighted by Crippen LogP contribution is 2.48. The summed E-state index contributed by atoms with van der Waals surface area (Å²) in [7, 11) is 0. The Morgan fingerprint density at radius 2 is 1.74 bits per heavy atom. The highest BCUT2D eigenvalue weighted by Gasteiger charge is 2.50. The van der Waals surface area contributed by atoms with Gasteiger partial charge in [0.25, 0.3) is 0 Å². The Labute approximate surface area is 121 Å². The van der Waals surface area contributed by atoms with Gasteiger partial charge in [0.1, 0.15) is 0 Å². The molecule has 1 saturated heterocycles. The third kappa shape index (κ3) is 2.63. The minimum atomic E-state index is 0. The molecule has 0 radical (unpaired) electrons. The van der Waals surface area contributed by atoms with Crippen molar-refractivity contribution in [2.24, 2.45) is 23.5 Å². The van der Waals surface area contributed by atoms with Gasteiger partial charge < -0.3 is 15.4 Å². The van der Waals surface area contributed by atoms with Gasteiger partial charge in [-0.2, -0.15) is 0 Å². The maximum absolute atomic E-state index is 12.7. The smallest absolute Gasteiger partial charge is 0.227 e. The lowest BCUT2D eigenvalue weighted by atomic mass is 9.84. The van der Waals surface area contributed by atoms with Crippen molar-refractivity contribution >= 4 is 18.3 Å². The van der Waals surface area contributed by atoms with E-state index in [1.54, 1.807) is 0 Å². The average molecular weight is 289 g/mol. The van der Waals surface area contributed by atoms with Gasteiger partial charge in [0, 0.05) is 19.1 Å². The predicted molar refractivity (Wildman–Crippen MR) is 76.1 cm³/mol. The number of ether oxygens (including phenoxy) is 1. The van der Waals surface area contributed by atoms with Gasteiger partial charge >= 0.3 is 0 Å². The Balaban J connectivity index is 0.00000133. The van der Waals surface area contributed by atoms with Crippen LogP contribution in [0.3, 0.4) is 0 Å². The monoisotopic (exact) mass is 288 g/mol. The van der Waals surface area contributed by atoms with Crippen LogP contribution in [0.5, 0.6) is 0 Å². The first-order valence-corrected chi connectivity index (χ1v) is 7.26. The van der Waals surface area contributed by atoms with E-state index in [0.717, 1.165) is 13.1 Å². The summed E-state index contributed by atoms with van der Waals surface area (Å²) in [5.41, 5.74) is 6.26. The zero-order valence-electron chi connectivity index (χ0n) is 11.7. The number of fused-ring (bicyclic) bond motifs is 2. The van der Waals surface area contributed by atoms with Crippen molar-refractivity contribution in [2.45, 2.75) is 51.4 Å². The summed E-state index contributed by atoms with van der Waals surface area (Å²) >= 11 is 0. The van der Waals surface area contributed by atoms with Crippen molar-refractivity contribution in [3.05, 3.63) is 0 Å². The van der Waals surface area contributed by atoms with E-state index < -0.39 is 0 Å². The number of hydrogen-bond donors (Lipinski definition) is 1. The van der Waals surface area contributed by atoms with Crippen LogP contribution in [0.4, 0.5) is 0 Å². The van der Waals surface area contributed by atoms with Gasteiger partial charge in [0.2, 0.25) is 5.91 Å². The van der Waals surface area contributed by atoms with Crippen molar-refractivity contribution < 1.29 is 9.53 Å². The van der Waals surface area contributed by atoms with E-state index in [2.05, 4.69) is 0 Å². The summed E-state index contributed by atoms with van der Waals surface area (Å²) in [5.74, 6) is 1.52. The molecule has 3 fully saturated rings. The second-order valence-electron chi connectivity index (χ2n) is 6.44. The highest BCUT2D eigenvalue weighted by atomic mass is 35.5. The van der Waals surface area contributed by atoms with Gasteiger partial charge in [0.05, 0.1) is 18.1 Å². The number of hydrogen-bond acceptors (Lipinski definition) is 3. The van der Waals surface area contributed by atoms with Crippen LogP contribution in [0.25, 0.3) is 0 Å². The zero-order chi connectivity index (χ0) is 12.9. The first-order chi connectivity index (χ1) is 8.56. The lowest BCUT2D eigenvalue weighted by Crippen LogP contribution is -2.53. The normalized spacial score (nSPS) is 45.1. The minimum absolute atomic E-state index is 0. The van der Waals surface area contributed by atoms with Crippen LogP contribution in [-0.4, -0.2) is 42.1 Å². The van der Waals surface area contributed by atoms with Crippen LogP contribution in [0.2, 0.25) is 0 Å². The number of carbonyl (C=O) groups is 1. The second-order valence-corrected chi connectivity index (χ2v) is 6.44. The molecule has 3 rings (SSSR count). The third-order valence-corrected chi connectivity index (χ3v) is 5.00. The molecule has 2 N–H and O–H groups in total. The van der Waals surface area contributed by atoms with Gasteiger partial charge in [0.15, 0.2) is 0 Å². The van der Waals surface area contributed by atoms with Gasteiger partial charge in [-0.05, 0) is 44.9 Å². The molecule has 0 aromatic rings. The average Bonchev–Trinajstić information content (AvgIpc) is 2.87. The number of nitrogens with zero attached hydrogens (tertiary/aromatic N) is 1. The summed E-state index contributed by atoms with van der Waals surface area (Å²) in [6.07, 6.45) is 3.89. The maximum Gasteiger partial charge on any atom is 0.227 e. The molecule has 1 aliphatic heterocycles. The van der Waals surface area contributed by atoms with Crippen LogP contribution >= 0.6 is 12.4 Å². The van der Waals surface area contributed by atoms with Gasteiger partial charge in [-0.1, -0.05) is 0 Å². The SMILES string of the molecule is C[C@@H]1CN(C(=O)C2C3CCC(C3)C2N)C[C@H](C)O1.Cl. The molecule has 19 heavy (non-hydrogen) atoms. The summed E-state index contributed by atoms with van der Waals surface area (Å²) in [6, 6.07) is 0.102. The second kappa shape index (κ2) is 5.58. The molecule has 2 bridgehead atoms. The molecule has 6 atom stereocenters. The van der Waals surface area contributed by atoms with Crippen LogP contribution in [-0.2, 0) is 9.53 Å². The summed E-state index contributed by atoms with van der Waals surface area (Å²) in [6.45, 7) is 5.53. The number of amides is 1. The molecule has 0 aromatic carbocycles. The van der Waals surface area contributed by atoms with E-state index in [9.17, 15) is 4.79 Å². The largest absolute Gasteiger partial charge is 0.372 e. The highest BCUT2D eigenvalue weighted by molar-refractivity contribution is 5.85. The van der Waals surface area contributed by atoms with Crippen LogP contribution in [0.1, 0.15) is 33.1 Å². The first-order valence-electron chi connectivity index (χ1n) is 7.26. The van der Waals surface area contributed by atoms with Gasteiger partial charge in [-0.25, -0.2) is 0 Å². The fraction of sp³-hybridized carbons (Fsp3) is 0.929. The van der Waals surface area contributed by atoms with E-state index in [1.165, 1.54) is 19.3 Å². The molecule has 1 heterocycles. The summed E-state index contributed by atoms with van der Waals surface area (Å²) in [5, 5.41) is 0. The number of nitrogens with two attached hydrogens (primary N) is 1. The molecule has 3 aliphatic rings. The Bertz CT molecular complexity index is 340. The number of carbonyl (C=O) groups excluding carboxylic acids is 1. The molecule has 0 spiro atoms. The van der Waals surface area contributed by atoms with E-state index in [4.69, 9.17) is 10.5 Å². The number of rotatable bonds is 1. The Kier molecular flexibility index (Phi) is 4.43. The molecule has 4 nitrogen and oxygen atoms in total. The van der Waals surface area contributed by atoms with Crippen LogP contribution in [0, 0.1) is 17.8 Å². The maximum atomic E-state index is 12.7. The van der Waals surface area contributed by atoms with E-state index >= 15 is 0 Å². The first kappa shape index (κ1) is 15.1. The van der Waals surface area contributed by atoms with Crippen molar-refractivity contribution in [1.82, 2.24) is 4.90 Å². The molecular weight excluding hydrogens is 264 g/mol. The molecule has 0 aromatic heterocycles. The number of morpholine rings is 1. The van der Waals surface area contributed by atoms with Crippen molar-refractivity contribution in [3.8, 4) is 0 Å². The minimum Gasteiger partial charge on any atom is -0.372 e. The van der Waals surface area contributed by atoms with Crippen molar-refractivity contribution in [1.29, 1.82) is 0 Å². The summed E-state index contributed by atoms with van der Waals surface area (Å²) < 4.78 is 5.69. The lowest BCUT2D eigenvalue weighted by Gasteiger charge is -2.39. The lowest BCUT2D eigenvalue weighted by molar-refractivity contribution is -0.149. The standard InChI is InChI=1S/C14H24N2O2.ClH/c1-8-6-16(7-9(2)18-8)14(17)12-10-3-4-11(5-10)13(12)15;/h8-13H,3-7,15H2,1-2H3;1H/t8-,9+,10?,11?,12?,13?;. The van der Waals surface area contributed by atoms with Crippen molar-refractivity contribution in [2.75, 3.05) is 13.1 Å². The molecule has 2 aliphatic carbocycles. The molecule has 2 saturated carbocycles. The molecule has 110 valence electrons. The summed E-state index contributed by atoms with van der Waals surface area (Å²) in [4.78, 5) is 14.7. The molecule has 1 amide bonds. The molecule has 5 heteroatoms. The quantitative estimate of drug-likeness (QED) is 0.794. The van der Waals surface area contributed by atoms with Gasteiger partial charge in [-0.15, -0.1) is 12.4 Å². The molecular formula is C14H25ClN2O2. The third-order valence-electron chi connectivity index (χ3n) is 5.00. The van der Waals surface area contributed by atoms with Gasteiger partial charge in [-0.3, -0.25) is 4.79 Å². The van der Waals surface area contributed by atoms with Crippen LogP contribution < -0.4 is 5.73 Å². The predicted octanol–water partition coefficient (Wildman–Crippen LogP) is 1.42.